The van der Waals surface area contributed by atoms with Gasteiger partial charge in [-0.1, -0.05) is 6.07 Å². The van der Waals surface area contributed by atoms with E-state index >= 15 is 0 Å². The fourth-order valence-electron chi connectivity index (χ4n) is 4.23. The van der Waals surface area contributed by atoms with E-state index in [1.54, 1.807) is 29.5 Å². The Kier molecular flexibility index (Phi) is 7.13. The second-order valence-corrected chi connectivity index (χ2v) is 9.54. The van der Waals surface area contributed by atoms with Crippen LogP contribution < -0.4 is 15.8 Å². The standard InChI is InChI=1S/C26H25FN6O2S/c27-20-5-3-18(4-6-20)21-7-9-24(30-29-21)32-14-11-19(12-15-32)26(35)28-13-16-33-25(34)10-8-22(31-33)23-2-1-17-36-23/h1-10,17,19H,11-16H2,(H,28,35). The number of piperidine rings is 1. The van der Waals surface area contributed by atoms with Crippen molar-refractivity contribution in [2.24, 2.45) is 5.92 Å². The van der Waals surface area contributed by atoms with Gasteiger partial charge in [0.15, 0.2) is 5.82 Å². The number of nitrogens with zero attached hydrogens (tertiary/aromatic N) is 5. The zero-order chi connectivity index (χ0) is 24.9. The molecule has 36 heavy (non-hydrogen) atoms. The van der Waals surface area contributed by atoms with E-state index in [9.17, 15) is 14.0 Å². The van der Waals surface area contributed by atoms with Crippen molar-refractivity contribution in [3.63, 3.8) is 0 Å². The molecule has 3 aromatic heterocycles. The number of carbonyl (C=O) groups is 1. The Morgan fingerprint density at radius 1 is 1.00 bits per heavy atom. The number of hydrogen-bond donors (Lipinski definition) is 1. The predicted molar refractivity (Wildman–Crippen MR) is 137 cm³/mol. The lowest BCUT2D eigenvalue weighted by molar-refractivity contribution is -0.125. The number of hydrogen-bond acceptors (Lipinski definition) is 7. The maximum absolute atomic E-state index is 13.1. The van der Waals surface area contributed by atoms with E-state index < -0.39 is 0 Å². The van der Waals surface area contributed by atoms with Gasteiger partial charge in [0, 0.05) is 37.2 Å². The molecule has 1 aromatic carbocycles. The van der Waals surface area contributed by atoms with E-state index in [0.717, 1.165) is 22.0 Å². The minimum atomic E-state index is -0.288. The number of carbonyl (C=O) groups excluding carboxylic acids is 1. The lowest BCUT2D eigenvalue weighted by Gasteiger charge is -2.31. The van der Waals surface area contributed by atoms with Gasteiger partial charge in [-0.25, -0.2) is 9.07 Å². The normalized spacial score (nSPS) is 14.1. The quantitative estimate of drug-likeness (QED) is 0.414. The van der Waals surface area contributed by atoms with Gasteiger partial charge < -0.3 is 10.2 Å². The van der Waals surface area contributed by atoms with Gasteiger partial charge in [-0.05, 0) is 66.8 Å². The average Bonchev–Trinajstić information content (AvgIpc) is 3.46. The van der Waals surface area contributed by atoms with Crippen molar-refractivity contribution in [2.75, 3.05) is 24.5 Å². The van der Waals surface area contributed by atoms with Gasteiger partial charge >= 0.3 is 0 Å². The van der Waals surface area contributed by atoms with Crippen LogP contribution in [-0.4, -0.2) is 45.5 Å². The second-order valence-electron chi connectivity index (χ2n) is 8.59. The van der Waals surface area contributed by atoms with Crippen LogP contribution in [0, 0.1) is 11.7 Å². The van der Waals surface area contributed by atoms with Crippen LogP contribution in [-0.2, 0) is 11.3 Å². The highest BCUT2D eigenvalue weighted by atomic mass is 32.1. The highest BCUT2D eigenvalue weighted by molar-refractivity contribution is 7.13. The lowest BCUT2D eigenvalue weighted by Crippen LogP contribution is -2.42. The van der Waals surface area contributed by atoms with Gasteiger partial charge in [-0.15, -0.1) is 21.5 Å². The van der Waals surface area contributed by atoms with Gasteiger partial charge in [-0.3, -0.25) is 9.59 Å². The number of benzene rings is 1. The zero-order valence-electron chi connectivity index (χ0n) is 19.5. The van der Waals surface area contributed by atoms with Gasteiger partial charge in [0.2, 0.25) is 5.91 Å². The first-order valence-corrected chi connectivity index (χ1v) is 12.7. The predicted octanol–water partition coefficient (Wildman–Crippen LogP) is 3.60. The minimum Gasteiger partial charge on any atom is -0.355 e. The molecule has 10 heteroatoms. The number of aromatic nitrogens is 4. The Morgan fingerprint density at radius 3 is 2.47 bits per heavy atom. The van der Waals surface area contributed by atoms with Gasteiger partial charge in [0.25, 0.3) is 5.56 Å². The van der Waals surface area contributed by atoms with Gasteiger partial charge in [0.1, 0.15) is 11.5 Å². The van der Waals surface area contributed by atoms with Crippen LogP contribution in [0.1, 0.15) is 12.8 Å². The smallest absolute Gasteiger partial charge is 0.266 e. The minimum absolute atomic E-state index is 0.00477. The summed E-state index contributed by atoms with van der Waals surface area (Å²) in [6.07, 6.45) is 1.42. The van der Waals surface area contributed by atoms with Crippen molar-refractivity contribution in [1.29, 1.82) is 0 Å². The molecule has 5 rings (SSSR count). The Hall–Kier alpha value is -3.92. The van der Waals surface area contributed by atoms with E-state index in [2.05, 4.69) is 25.5 Å². The van der Waals surface area contributed by atoms with Gasteiger partial charge in [-0.2, -0.15) is 5.10 Å². The molecule has 0 radical (unpaired) electrons. The third kappa shape index (κ3) is 5.49. The molecule has 0 aliphatic carbocycles. The van der Waals surface area contributed by atoms with Crippen LogP contribution in [0.2, 0.25) is 0 Å². The summed E-state index contributed by atoms with van der Waals surface area (Å²) in [4.78, 5) is 28.0. The topological polar surface area (TPSA) is 93.0 Å². The van der Waals surface area contributed by atoms with E-state index in [-0.39, 0.29) is 23.2 Å². The molecule has 184 valence electrons. The summed E-state index contributed by atoms with van der Waals surface area (Å²) in [5.41, 5.74) is 2.05. The Balaban J connectivity index is 1.11. The summed E-state index contributed by atoms with van der Waals surface area (Å²) in [6.45, 7) is 2.06. The molecule has 0 saturated carbocycles. The summed E-state index contributed by atoms with van der Waals surface area (Å²) in [5, 5.41) is 18.0. The number of thiophene rings is 1. The van der Waals surface area contributed by atoms with Crippen molar-refractivity contribution >= 4 is 23.1 Å². The second kappa shape index (κ2) is 10.8. The first kappa shape index (κ1) is 23.8. The van der Waals surface area contributed by atoms with Crippen LogP contribution in [0.5, 0.6) is 0 Å². The maximum atomic E-state index is 13.1. The van der Waals surface area contributed by atoms with Crippen molar-refractivity contribution < 1.29 is 9.18 Å². The van der Waals surface area contributed by atoms with Gasteiger partial charge in [0.05, 0.1) is 17.1 Å². The molecular weight excluding hydrogens is 479 g/mol. The first-order chi connectivity index (χ1) is 17.6. The molecule has 4 aromatic rings. The molecule has 1 fully saturated rings. The Bertz CT molecular complexity index is 1370. The summed E-state index contributed by atoms with van der Waals surface area (Å²) < 4.78 is 14.5. The van der Waals surface area contributed by atoms with Crippen molar-refractivity contribution in [3.8, 4) is 21.8 Å². The molecule has 0 unspecified atom stereocenters. The van der Waals surface area contributed by atoms with Crippen LogP contribution in [0.4, 0.5) is 10.2 Å². The summed E-state index contributed by atoms with van der Waals surface area (Å²) in [6, 6.07) is 17.1. The maximum Gasteiger partial charge on any atom is 0.266 e. The highest BCUT2D eigenvalue weighted by Crippen LogP contribution is 2.24. The van der Waals surface area contributed by atoms with Crippen molar-refractivity contribution in [2.45, 2.75) is 19.4 Å². The summed E-state index contributed by atoms with van der Waals surface area (Å²) >= 11 is 1.56. The Morgan fingerprint density at radius 2 is 1.78 bits per heavy atom. The molecule has 0 spiro atoms. The molecule has 0 atom stereocenters. The monoisotopic (exact) mass is 504 g/mol. The van der Waals surface area contributed by atoms with E-state index in [4.69, 9.17) is 0 Å². The number of rotatable bonds is 7. The molecular formula is C26H25FN6O2S. The fourth-order valence-corrected chi connectivity index (χ4v) is 4.92. The third-order valence-electron chi connectivity index (χ3n) is 6.24. The van der Waals surface area contributed by atoms with E-state index in [0.29, 0.717) is 44.7 Å². The third-order valence-corrected chi connectivity index (χ3v) is 7.14. The van der Waals surface area contributed by atoms with E-state index in [1.807, 2.05) is 29.6 Å². The lowest BCUT2D eigenvalue weighted by atomic mass is 9.96. The molecule has 1 aliphatic heterocycles. The first-order valence-electron chi connectivity index (χ1n) is 11.8. The highest BCUT2D eigenvalue weighted by Gasteiger charge is 2.25. The number of nitrogens with one attached hydrogen (secondary N) is 1. The van der Waals surface area contributed by atoms with Crippen molar-refractivity contribution in [1.82, 2.24) is 25.3 Å². The average molecular weight is 505 g/mol. The molecule has 4 heterocycles. The summed E-state index contributed by atoms with van der Waals surface area (Å²) in [5.74, 6) is 0.379. The van der Waals surface area contributed by atoms with Crippen LogP contribution in [0.3, 0.4) is 0 Å². The van der Waals surface area contributed by atoms with Crippen LogP contribution in [0.25, 0.3) is 21.8 Å². The van der Waals surface area contributed by atoms with E-state index in [1.165, 1.54) is 22.9 Å². The summed E-state index contributed by atoms with van der Waals surface area (Å²) in [7, 11) is 0. The molecule has 1 amide bonds. The Labute approximate surface area is 211 Å². The molecule has 8 nitrogen and oxygen atoms in total. The molecule has 1 aliphatic rings. The number of amides is 1. The molecule has 1 saturated heterocycles. The number of anilines is 1. The molecule has 1 N–H and O–H groups in total. The SMILES string of the molecule is O=C(NCCn1nc(-c2cccs2)ccc1=O)C1CCN(c2ccc(-c3ccc(F)cc3)nn2)CC1. The van der Waals surface area contributed by atoms with Crippen LogP contribution >= 0.6 is 11.3 Å². The molecule has 0 bridgehead atoms. The number of halogens is 1. The van der Waals surface area contributed by atoms with Crippen LogP contribution in [0.15, 0.2) is 70.8 Å². The zero-order valence-corrected chi connectivity index (χ0v) is 20.3. The van der Waals surface area contributed by atoms with Crippen molar-refractivity contribution in [3.05, 3.63) is 82.2 Å². The largest absolute Gasteiger partial charge is 0.355 e. The fraction of sp³-hybridized carbons (Fsp3) is 0.269.